The molecule has 0 aliphatic heterocycles. The van der Waals surface area contributed by atoms with Crippen LogP contribution in [-0.2, 0) is 9.53 Å². The van der Waals surface area contributed by atoms with Crippen molar-refractivity contribution >= 4 is 5.97 Å². The minimum atomic E-state index is -0.230. The smallest absolute Gasteiger partial charge is 0.302 e. The van der Waals surface area contributed by atoms with E-state index >= 15 is 0 Å². The molecule has 0 heterocycles. The molecule has 0 radical (unpaired) electrons. The molecule has 0 saturated heterocycles. The van der Waals surface area contributed by atoms with Crippen LogP contribution in [0.4, 0.5) is 0 Å². The molecule has 0 amide bonds. The van der Waals surface area contributed by atoms with Crippen molar-refractivity contribution < 1.29 is 9.53 Å². The average molecular weight is 190 g/mol. The van der Waals surface area contributed by atoms with Crippen molar-refractivity contribution in [2.45, 2.75) is 26.7 Å². The van der Waals surface area contributed by atoms with Crippen molar-refractivity contribution in [3.63, 3.8) is 0 Å². The first kappa shape index (κ1) is 12.3. The topological polar surface area (TPSA) is 26.3 Å². The van der Waals surface area contributed by atoms with E-state index in [1.807, 2.05) is 6.08 Å². The molecule has 0 aromatic carbocycles. The highest BCUT2D eigenvalue weighted by atomic mass is 16.5. The lowest BCUT2D eigenvalue weighted by atomic mass is 10.3. The van der Waals surface area contributed by atoms with Gasteiger partial charge in [-0.25, -0.2) is 0 Å². The predicted molar refractivity (Wildman–Crippen MR) is 56.2 cm³/mol. The van der Waals surface area contributed by atoms with E-state index in [4.69, 9.17) is 4.74 Å². The molecule has 2 heteroatoms. The molecule has 0 aromatic heterocycles. The Hall–Kier alpha value is -1.67. The molecule has 0 unspecified atom stereocenters. The second-order valence-corrected chi connectivity index (χ2v) is 2.53. The zero-order chi connectivity index (χ0) is 10.6. The van der Waals surface area contributed by atoms with E-state index in [0.29, 0.717) is 6.61 Å². The molecule has 0 fully saturated rings. The fraction of sp³-hybridized carbons (Fsp3) is 0.417. The fourth-order valence-electron chi connectivity index (χ4n) is 0.700. The molecule has 0 atom stereocenters. The third-order valence-corrected chi connectivity index (χ3v) is 1.28. The third kappa shape index (κ3) is 10.3. The van der Waals surface area contributed by atoms with Gasteiger partial charge in [-0.3, -0.25) is 4.79 Å². The number of allylic oxidation sites excluding steroid dienone is 2. The first-order chi connectivity index (χ1) is 6.77. The van der Waals surface area contributed by atoms with Crippen molar-refractivity contribution in [3.8, 4) is 23.7 Å². The molecular weight excluding hydrogens is 176 g/mol. The molecule has 0 N–H and O–H groups in total. The molecule has 74 valence electrons. The average Bonchev–Trinajstić information content (AvgIpc) is 2.15. The first-order valence-corrected chi connectivity index (χ1v) is 4.48. The lowest BCUT2D eigenvalue weighted by Gasteiger charge is -1.97. The number of rotatable bonds is 4. The summed E-state index contributed by atoms with van der Waals surface area (Å²) in [4.78, 5) is 10.4. The van der Waals surface area contributed by atoms with E-state index in [-0.39, 0.29) is 5.97 Å². The van der Waals surface area contributed by atoms with Crippen molar-refractivity contribution in [2.75, 3.05) is 6.61 Å². The predicted octanol–water partition coefficient (Wildman–Crippen LogP) is 1.91. The number of ether oxygens (including phenoxy) is 1. The first-order valence-electron chi connectivity index (χ1n) is 4.48. The Bertz CT molecular complexity index is 305. The Labute approximate surface area is 85.3 Å². The van der Waals surface area contributed by atoms with Gasteiger partial charge in [-0.05, 0) is 37.7 Å². The van der Waals surface area contributed by atoms with Crippen LogP contribution < -0.4 is 0 Å². The highest BCUT2D eigenvalue weighted by Crippen LogP contribution is 1.91. The molecule has 0 aromatic rings. The molecule has 0 saturated carbocycles. The summed E-state index contributed by atoms with van der Waals surface area (Å²) in [5.41, 5.74) is 0. The summed E-state index contributed by atoms with van der Waals surface area (Å²) in [7, 11) is 0. The monoisotopic (exact) mass is 190 g/mol. The summed E-state index contributed by atoms with van der Waals surface area (Å²) in [6, 6.07) is 0. The number of carbonyl (C=O) groups excluding carboxylic acids is 1. The van der Waals surface area contributed by atoms with Gasteiger partial charge in [0.15, 0.2) is 0 Å². The van der Waals surface area contributed by atoms with Gasteiger partial charge in [0.05, 0.1) is 6.61 Å². The summed E-state index contributed by atoms with van der Waals surface area (Å²) in [6.07, 6.45) is 5.39. The SMILES string of the molecule is CC#CC#CC=CCCCOC(C)=O. The van der Waals surface area contributed by atoms with E-state index in [2.05, 4.69) is 23.7 Å². The summed E-state index contributed by atoms with van der Waals surface area (Å²) >= 11 is 0. The standard InChI is InChI=1S/C12H14O2/c1-3-4-5-6-7-8-9-10-11-14-12(2)13/h7-8H,9-11H2,1-2H3. The largest absolute Gasteiger partial charge is 0.466 e. The van der Waals surface area contributed by atoms with Crippen LogP contribution in [0.15, 0.2) is 12.2 Å². The summed E-state index contributed by atoms with van der Waals surface area (Å²) in [5.74, 6) is 10.5. The number of esters is 1. The highest BCUT2D eigenvalue weighted by Gasteiger charge is 1.89. The van der Waals surface area contributed by atoms with Gasteiger partial charge in [0.1, 0.15) is 0 Å². The quantitative estimate of drug-likeness (QED) is 0.384. The number of hydrogen-bond donors (Lipinski definition) is 0. The second kappa shape index (κ2) is 9.42. The van der Waals surface area contributed by atoms with Gasteiger partial charge in [-0.15, -0.1) is 0 Å². The van der Waals surface area contributed by atoms with Gasteiger partial charge in [0.25, 0.3) is 0 Å². The van der Waals surface area contributed by atoms with Gasteiger partial charge in [-0.2, -0.15) is 0 Å². The van der Waals surface area contributed by atoms with Gasteiger partial charge in [0.2, 0.25) is 0 Å². The van der Waals surface area contributed by atoms with Crippen LogP contribution in [0.2, 0.25) is 0 Å². The van der Waals surface area contributed by atoms with Crippen LogP contribution in [0, 0.1) is 23.7 Å². The van der Waals surface area contributed by atoms with Crippen LogP contribution in [-0.4, -0.2) is 12.6 Å². The maximum atomic E-state index is 10.4. The van der Waals surface area contributed by atoms with Crippen molar-refractivity contribution in [1.82, 2.24) is 0 Å². The zero-order valence-corrected chi connectivity index (χ0v) is 8.59. The Balaban J connectivity index is 3.40. The molecule has 0 aliphatic carbocycles. The van der Waals surface area contributed by atoms with E-state index in [1.165, 1.54) is 6.92 Å². The maximum absolute atomic E-state index is 10.4. The van der Waals surface area contributed by atoms with Gasteiger partial charge in [0, 0.05) is 6.92 Å². The van der Waals surface area contributed by atoms with Gasteiger partial charge < -0.3 is 4.74 Å². The lowest BCUT2D eigenvalue weighted by Crippen LogP contribution is -1.99. The van der Waals surface area contributed by atoms with Crippen LogP contribution in [0.1, 0.15) is 26.7 Å². The molecule has 0 spiro atoms. The Morgan fingerprint density at radius 2 is 2.21 bits per heavy atom. The van der Waals surface area contributed by atoms with Crippen molar-refractivity contribution in [3.05, 3.63) is 12.2 Å². The minimum Gasteiger partial charge on any atom is -0.466 e. The molecule has 0 bridgehead atoms. The second-order valence-electron chi connectivity index (χ2n) is 2.53. The Morgan fingerprint density at radius 3 is 2.86 bits per heavy atom. The zero-order valence-electron chi connectivity index (χ0n) is 8.59. The minimum absolute atomic E-state index is 0.230. The normalized spacial score (nSPS) is 8.43. The van der Waals surface area contributed by atoms with Gasteiger partial charge in [-0.1, -0.05) is 17.9 Å². The Kier molecular flexibility index (Phi) is 8.29. The van der Waals surface area contributed by atoms with Crippen molar-refractivity contribution in [1.29, 1.82) is 0 Å². The van der Waals surface area contributed by atoms with Gasteiger partial charge >= 0.3 is 5.97 Å². The summed E-state index contributed by atoms with van der Waals surface area (Å²) < 4.78 is 4.76. The van der Waals surface area contributed by atoms with Crippen LogP contribution in [0.5, 0.6) is 0 Å². The third-order valence-electron chi connectivity index (χ3n) is 1.28. The van der Waals surface area contributed by atoms with Crippen molar-refractivity contribution in [2.24, 2.45) is 0 Å². The molecular formula is C12H14O2. The van der Waals surface area contributed by atoms with E-state index < -0.39 is 0 Å². The number of carbonyl (C=O) groups is 1. The van der Waals surface area contributed by atoms with Crippen LogP contribution in [0.25, 0.3) is 0 Å². The lowest BCUT2D eigenvalue weighted by molar-refractivity contribution is -0.141. The molecule has 2 nitrogen and oxygen atoms in total. The molecule has 14 heavy (non-hydrogen) atoms. The summed E-state index contributed by atoms with van der Waals surface area (Å²) in [6.45, 7) is 3.63. The highest BCUT2D eigenvalue weighted by molar-refractivity contribution is 5.65. The van der Waals surface area contributed by atoms with E-state index in [1.54, 1.807) is 13.0 Å². The Morgan fingerprint density at radius 1 is 1.43 bits per heavy atom. The molecule has 0 rings (SSSR count). The number of unbranched alkanes of at least 4 members (excludes halogenated alkanes) is 1. The van der Waals surface area contributed by atoms with Crippen LogP contribution in [0.3, 0.4) is 0 Å². The molecule has 0 aliphatic rings. The maximum Gasteiger partial charge on any atom is 0.302 e. The summed E-state index contributed by atoms with van der Waals surface area (Å²) in [5, 5.41) is 0. The van der Waals surface area contributed by atoms with E-state index in [0.717, 1.165) is 12.8 Å². The number of hydrogen-bond acceptors (Lipinski definition) is 2. The van der Waals surface area contributed by atoms with E-state index in [9.17, 15) is 4.79 Å². The fourth-order valence-corrected chi connectivity index (χ4v) is 0.700. The van der Waals surface area contributed by atoms with Crippen LogP contribution >= 0.6 is 0 Å².